The van der Waals surface area contributed by atoms with Crippen molar-refractivity contribution in [1.29, 1.82) is 5.26 Å². The van der Waals surface area contributed by atoms with Crippen molar-refractivity contribution in [2.75, 3.05) is 19.4 Å². The van der Waals surface area contributed by atoms with E-state index in [9.17, 15) is 4.79 Å². The lowest BCUT2D eigenvalue weighted by atomic mass is 10.2. The van der Waals surface area contributed by atoms with E-state index in [0.717, 1.165) is 5.69 Å². The summed E-state index contributed by atoms with van der Waals surface area (Å²) in [4.78, 5) is 17.9. The molecule has 96 valence electrons. The molecular weight excluding hydrogens is 260 g/mol. The standard InChI is InChI=1S/C13H12N4OS/c1-17(2)12(18)9-3-5-10(6-4-9)16-13-15-8-11(7-14)19-13/h3-6,8H,1-2H3,(H,15,16). The first-order valence-corrected chi connectivity index (χ1v) is 6.36. The number of anilines is 2. The molecule has 1 aromatic heterocycles. The van der Waals surface area contributed by atoms with Crippen molar-refractivity contribution in [2.45, 2.75) is 0 Å². The maximum atomic E-state index is 11.7. The number of nitrogens with zero attached hydrogens (tertiary/aromatic N) is 3. The van der Waals surface area contributed by atoms with Crippen LogP contribution in [0.2, 0.25) is 0 Å². The fourth-order valence-electron chi connectivity index (χ4n) is 1.46. The first-order chi connectivity index (χ1) is 9.10. The molecule has 6 heteroatoms. The Morgan fingerprint density at radius 1 is 1.37 bits per heavy atom. The Labute approximate surface area is 115 Å². The molecule has 0 saturated heterocycles. The number of hydrogen-bond donors (Lipinski definition) is 1. The smallest absolute Gasteiger partial charge is 0.253 e. The molecule has 1 amide bonds. The lowest BCUT2D eigenvalue weighted by Crippen LogP contribution is -2.21. The highest BCUT2D eigenvalue weighted by molar-refractivity contribution is 7.16. The van der Waals surface area contributed by atoms with E-state index >= 15 is 0 Å². The van der Waals surface area contributed by atoms with Crippen molar-refractivity contribution < 1.29 is 4.79 Å². The molecule has 2 rings (SSSR count). The lowest BCUT2D eigenvalue weighted by Gasteiger charge is -2.10. The molecule has 0 aliphatic heterocycles. The van der Waals surface area contributed by atoms with Gasteiger partial charge in [-0.25, -0.2) is 4.98 Å². The molecule has 0 saturated carbocycles. The third-order valence-electron chi connectivity index (χ3n) is 2.41. The minimum absolute atomic E-state index is 0.0347. The molecule has 19 heavy (non-hydrogen) atoms. The molecule has 0 unspecified atom stereocenters. The molecule has 0 atom stereocenters. The van der Waals surface area contributed by atoms with Gasteiger partial charge in [-0.1, -0.05) is 11.3 Å². The zero-order valence-electron chi connectivity index (χ0n) is 10.5. The molecule has 0 aliphatic carbocycles. The molecule has 1 N–H and O–H groups in total. The summed E-state index contributed by atoms with van der Waals surface area (Å²) in [5.74, 6) is -0.0347. The third-order valence-corrected chi connectivity index (χ3v) is 3.22. The maximum Gasteiger partial charge on any atom is 0.253 e. The van der Waals surface area contributed by atoms with Crippen LogP contribution in [0.5, 0.6) is 0 Å². The van der Waals surface area contributed by atoms with Crippen molar-refractivity contribution in [2.24, 2.45) is 0 Å². The largest absolute Gasteiger partial charge is 0.345 e. The second kappa shape index (κ2) is 5.50. The van der Waals surface area contributed by atoms with Gasteiger partial charge in [0.1, 0.15) is 10.9 Å². The van der Waals surface area contributed by atoms with Crippen LogP contribution in [0.25, 0.3) is 0 Å². The van der Waals surface area contributed by atoms with E-state index < -0.39 is 0 Å². The average Bonchev–Trinajstić information content (AvgIpc) is 2.86. The minimum Gasteiger partial charge on any atom is -0.345 e. The number of hydrogen-bond acceptors (Lipinski definition) is 5. The Morgan fingerprint density at radius 3 is 2.58 bits per heavy atom. The number of aromatic nitrogens is 1. The summed E-state index contributed by atoms with van der Waals surface area (Å²) in [6.07, 6.45) is 1.52. The molecule has 0 bridgehead atoms. The van der Waals surface area contributed by atoms with Crippen molar-refractivity contribution in [1.82, 2.24) is 9.88 Å². The molecule has 0 fully saturated rings. The average molecular weight is 272 g/mol. The molecule has 5 nitrogen and oxygen atoms in total. The van der Waals surface area contributed by atoms with Gasteiger partial charge in [-0.3, -0.25) is 4.79 Å². The number of benzene rings is 1. The van der Waals surface area contributed by atoms with E-state index in [1.54, 1.807) is 26.2 Å². The van der Waals surface area contributed by atoms with Gasteiger partial charge in [0, 0.05) is 25.3 Å². The van der Waals surface area contributed by atoms with Gasteiger partial charge in [-0.15, -0.1) is 0 Å². The van der Waals surface area contributed by atoms with Crippen molar-refractivity contribution >= 4 is 28.1 Å². The molecule has 2 aromatic rings. The number of carbonyl (C=O) groups excluding carboxylic acids is 1. The number of nitriles is 1. The summed E-state index contributed by atoms with van der Waals surface area (Å²) in [6.45, 7) is 0. The summed E-state index contributed by atoms with van der Waals surface area (Å²) in [5, 5.41) is 12.5. The summed E-state index contributed by atoms with van der Waals surface area (Å²) in [7, 11) is 3.43. The Kier molecular flexibility index (Phi) is 3.78. The van der Waals surface area contributed by atoms with E-state index in [0.29, 0.717) is 15.6 Å². The van der Waals surface area contributed by atoms with Crippen LogP contribution in [-0.2, 0) is 0 Å². The van der Waals surface area contributed by atoms with Crippen LogP contribution in [0, 0.1) is 11.3 Å². The highest BCUT2D eigenvalue weighted by Gasteiger charge is 2.07. The van der Waals surface area contributed by atoms with E-state index in [1.807, 2.05) is 18.2 Å². The third kappa shape index (κ3) is 3.09. The topological polar surface area (TPSA) is 69.0 Å². The molecular formula is C13H12N4OS. The van der Waals surface area contributed by atoms with Gasteiger partial charge < -0.3 is 10.2 Å². The molecule has 0 aliphatic rings. The highest BCUT2D eigenvalue weighted by atomic mass is 32.1. The zero-order chi connectivity index (χ0) is 13.8. The first-order valence-electron chi connectivity index (χ1n) is 5.55. The van der Waals surface area contributed by atoms with Gasteiger partial charge in [0.15, 0.2) is 5.13 Å². The van der Waals surface area contributed by atoms with Crippen LogP contribution in [-0.4, -0.2) is 29.9 Å². The van der Waals surface area contributed by atoms with Crippen LogP contribution in [0.1, 0.15) is 15.2 Å². The Morgan fingerprint density at radius 2 is 2.05 bits per heavy atom. The summed E-state index contributed by atoms with van der Waals surface area (Å²) >= 11 is 1.28. The van der Waals surface area contributed by atoms with Crippen LogP contribution in [0.15, 0.2) is 30.5 Å². The van der Waals surface area contributed by atoms with E-state index in [2.05, 4.69) is 10.3 Å². The second-order valence-electron chi connectivity index (χ2n) is 4.04. The number of thiazole rings is 1. The Bertz CT molecular complexity index is 625. The van der Waals surface area contributed by atoms with Crippen LogP contribution in [0.3, 0.4) is 0 Å². The van der Waals surface area contributed by atoms with Crippen LogP contribution >= 0.6 is 11.3 Å². The number of carbonyl (C=O) groups is 1. The predicted molar refractivity (Wildman–Crippen MR) is 74.6 cm³/mol. The minimum atomic E-state index is -0.0347. The van der Waals surface area contributed by atoms with Crippen LogP contribution < -0.4 is 5.32 Å². The van der Waals surface area contributed by atoms with Gasteiger partial charge in [-0.05, 0) is 24.3 Å². The molecule has 1 heterocycles. The second-order valence-corrected chi connectivity index (χ2v) is 5.07. The lowest BCUT2D eigenvalue weighted by molar-refractivity contribution is 0.0827. The summed E-state index contributed by atoms with van der Waals surface area (Å²) < 4.78 is 0. The van der Waals surface area contributed by atoms with Gasteiger partial charge in [0.05, 0.1) is 6.20 Å². The molecule has 0 radical (unpaired) electrons. The Hall–Kier alpha value is -2.39. The van der Waals surface area contributed by atoms with Gasteiger partial charge >= 0.3 is 0 Å². The van der Waals surface area contributed by atoms with Crippen molar-refractivity contribution in [3.8, 4) is 6.07 Å². The fourth-order valence-corrected chi connectivity index (χ4v) is 2.10. The van der Waals surface area contributed by atoms with Gasteiger partial charge in [0.25, 0.3) is 5.91 Å². The predicted octanol–water partition coefficient (Wildman–Crippen LogP) is 2.46. The quantitative estimate of drug-likeness (QED) is 0.931. The Balaban J connectivity index is 2.11. The number of rotatable bonds is 3. The van der Waals surface area contributed by atoms with Gasteiger partial charge in [-0.2, -0.15) is 5.26 Å². The maximum absolute atomic E-state index is 11.7. The van der Waals surface area contributed by atoms with Crippen molar-refractivity contribution in [3.05, 3.63) is 40.9 Å². The summed E-state index contributed by atoms with van der Waals surface area (Å²) in [5.41, 5.74) is 1.46. The molecule has 1 aromatic carbocycles. The number of nitrogens with one attached hydrogen (secondary N) is 1. The van der Waals surface area contributed by atoms with Crippen LogP contribution in [0.4, 0.5) is 10.8 Å². The normalized spacial score (nSPS) is 9.74. The number of amides is 1. The summed E-state index contributed by atoms with van der Waals surface area (Å²) in [6, 6.07) is 9.16. The molecule has 0 spiro atoms. The van der Waals surface area contributed by atoms with Gasteiger partial charge in [0.2, 0.25) is 0 Å². The SMILES string of the molecule is CN(C)C(=O)c1ccc(Nc2ncc(C#N)s2)cc1. The van der Waals surface area contributed by atoms with E-state index in [4.69, 9.17) is 5.26 Å². The first kappa shape index (κ1) is 13.1. The fraction of sp³-hybridized carbons (Fsp3) is 0.154. The zero-order valence-corrected chi connectivity index (χ0v) is 11.4. The monoisotopic (exact) mass is 272 g/mol. The van der Waals surface area contributed by atoms with Crippen molar-refractivity contribution in [3.63, 3.8) is 0 Å². The highest BCUT2D eigenvalue weighted by Crippen LogP contribution is 2.22. The van der Waals surface area contributed by atoms with E-state index in [-0.39, 0.29) is 5.91 Å². The van der Waals surface area contributed by atoms with E-state index in [1.165, 1.54) is 22.4 Å².